The summed E-state index contributed by atoms with van der Waals surface area (Å²) in [6.07, 6.45) is 3.58. The summed E-state index contributed by atoms with van der Waals surface area (Å²) >= 11 is 0. The van der Waals surface area contributed by atoms with Crippen LogP contribution < -0.4 is 10.9 Å². The molecule has 142 valence electrons. The van der Waals surface area contributed by atoms with Crippen LogP contribution in [0.1, 0.15) is 18.9 Å². The highest BCUT2D eigenvalue weighted by Crippen LogP contribution is 2.30. The Morgan fingerprint density at radius 1 is 1.26 bits per heavy atom. The lowest BCUT2D eigenvalue weighted by atomic mass is 9.85. The molecule has 27 heavy (non-hydrogen) atoms. The third-order valence-corrected chi connectivity index (χ3v) is 5.18. The Balaban J connectivity index is 1.79. The van der Waals surface area contributed by atoms with Gasteiger partial charge in [0.25, 0.3) is 5.56 Å². The summed E-state index contributed by atoms with van der Waals surface area (Å²) in [5.74, 6) is -0.369. The molecule has 2 aromatic heterocycles. The summed E-state index contributed by atoms with van der Waals surface area (Å²) < 4.78 is 15.9. The van der Waals surface area contributed by atoms with Crippen LogP contribution >= 0.6 is 0 Å². The fraction of sp³-hybridized carbons (Fsp3) is 0.389. The van der Waals surface area contributed by atoms with Gasteiger partial charge in [0.05, 0.1) is 30.1 Å². The van der Waals surface area contributed by atoms with Gasteiger partial charge in [0.1, 0.15) is 17.5 Å². The summed E-state index contributed by atoms with van der Waals surface area (Å²) in [5.41, 5.74) is -0.672. The lowest BCUT2D eigenvalue weighted by Crippen LogP contribution is -2.51. The number of hydrogen-bond donors (Lipinski definition) is 3. The van der Waals surface area contributed by atoms with E-state index in [0.717, 1.165) is 0 Å². The van der Waals surface area contributed by atoms with Crippen LogP contribution in [0.5, 0.6) is 0 Å². The van der Waals surface area contributed by atoms with E-state index in [2.05, 4.69) is 15.4 Å². The molecular formula is C18H20FN5O3. The van der Waals surface area contributed by atoms with Crippen molar-refractivity contribution < 1.29 is 14.6 Å². The third kappa shape index (κ3) is 3.03. The van der Waals surface area contributed by atoms with Gasteiger partial charge < -0.3 is 15.5 Å². The molecule has 8 nitrogen and oxygen atoms in total. The monoisotopic (exact) mass is 373 g/mol. The van der Waals surface area contributed by atoms with E-state index in [-0.39, 0.29) is 23.4 Å². The molecule has 0 amide bonds. The molecule has 1 unspecified atom stereocenters. The van der Waals surface area contributed by atoms with Crippen molar-refractivity contribution in [2.75, 3.05) is 19.7 Å². The van der Waals surface area contributed by atoms with Gasteiger partial charge in [-0.25, -0.2) is 14.1 Å². The van der Waals surface area contributed by atoms with E-state index in [1.807, 2.05) is 0 Å². The second-order valence-electron chi connectivity index (χ2n) is 6.78. The van der Waals surface area contributed by atoms with Crippen LogP contribution in [-0.2, 0) is 0 Å². The molecule has 1 saturated heterocycles. The van der Waals surface area contributed by atoms with E-state index in [1.165, 1.54) is 33.9 Å². The van der Waals surface area contributed by atoms with Crippen LogP contribution in [0.2, 0.25) is 0 Å². The average molecular weight is 373 g/mol. The first-order chi connectivity index (χ1) is 13.0. The molecule has 0 spiro atoms. The van der Waals surface area contributed by atoms with Gasteiger partial charge in [0.15, 0.2) is 5.65 Å². The molecule has 0 saturated carbocycles. The highest BCUT2D eigenvalue weighted by Gasteiger charge is 2.39. The summed E-state index contributed by atoms with van der Waals surface area (Å²) in [6, 6.07) is 4.90. The Labute approximate surface area is 153 Å². The molecule has 1 atom stereocenters. The van der Waals surface area contributed by atoms with Gasteiger partial charge >= 0.3 is 0 Å². The van der Waals surface area contributed by atoms with Crippen LogP contribution in [0.3, 0.4) is 0 Å². The maximum atomic E-state index is 13.1. The molecule has 0 bridgehead atoms. The van der Waals surface area contributed by atoms with Gasteiger partial charge in [-0.2, -0.15) is 5.10 Å². The van der Waals surface area contributed by atoms with Crippen LogP contribution in [-0.4, -0.2) is 54.8 Å². The zero-order valence-electron chi connectivity index (χ0n) is 14.5. The van der Waals surface area contributed by atoms with Gasteiger partial charge in [0.2, 0.25) is 0 Å². The first-order valence-electron chi connectivity index (χ1n) is 8.78. The summed E-state index contributed by atoms with van der Waals surface area (Å²) in [5, 5.41) is 28.4. The molecule has 0 radical (unpaired) electrons. The van der Waals surface area contributed by atoms with Gasteiger partial charge in [-0.3, -0.25) is 9.36 Å². The van der Waals surface area contributed by atoms with Crippen molar-refractivity contribution >= 4 is 11.0 Å². The van der Waals surface area contributed by atoms with E-state index in [9.17, 15) is 19.4 Å². The van der Waals surface area contributed by atoms with Crippen molar-refractivity contribution in [1.82, 2.24) is 24.6 Å². The quantitative estimate of drug-likeness (QED) is 0.610. The topological polar surface area (TPSA) is 105 Å². The molecule has 9 heteroatoms. The van der Waals surface area contributed by atoms with Crippen molar-refractivity contribution in [2.24, 2.45) is 0 Å². The van der Waals surface area contributed by atoms with E-state index in [0.29, 0.717) is 37.3 Å². The third-order valence-electron chi connectivity index (χ3n) is 5.18. The lowest BCUT2D eigenvalue weighted by Gasteiger charge is -2.39. The molecule has 3 aromatic rings. The van der Waals surface area contributed by atoms with E-state index in [1.54, 1.807) is 12.1 Å². The van der Waals surface area contributed by atoms with Crippen LogP contribution in [0.15, 0.2) is 41.6 Å². The van der Waals surface area contributed by atoms with Gasteiger partial charge in [-0.05, 0) is 50.2 Å². The van der Waals surface area contributed by atoms with E-state index >= 15 is 0 Å². The molecule has 1 aromatic carbocycles. The maximum absolute atomic E-state index is 13.1. The lowest BCUT2D eigenvalue weighted by molar-refractivity contribution is -0.0557. The van der Waals surface area contributed by atoms with Crippen LogP contribution in [0, 0.1) is 5.82 Å². The van der Waals surface area contributed by atoms with Crippen molar-refractivity contribution in [3.05, 3.63) is 53.0 Å². The number of aromatic nitrogens is 4. The number of fused-ring (bicyclic) bond motifs is 1. The Kier molecular flexibility index (Phi) is 4.50. The number of rotatable bonds is 4. The highest BCUT2D eigenvalue weighted by atomic mass is 19.1. The molecule has 1 aliphatic heterocycles. The summed E-state index contributed by atoms with van der Waals surface area (Å²) in [7, 11) is 0. The molecule has 3 heterocycles. The van der Waals surface area contributed by atoms with Gasteiger partial charge in [-0.1, -0.05) is 0 Å². The Hall–Kier alpha value is -2.62. The molecule has 0 aliphatic carbocycles. The number of benzene rings is 1. The fourth-order valence-electron chi connectivity index (χ4n) is 3.63. The standard InChI is InChI=1S/C18H20FN5O3/c19-12-1-3-13(4-2-12)24-16-14(9-22-24)17(26)23(11-21-16)15(10-25)18(27)5-7-20-8-6-18/h1-4,9,11,15,20,25,27H,5-8,10H2. The second kappa shape index (κ2) is 6.84. The number of piperidine rings is 1. The average Bonchev–Trinajstić information content (AvgIpc) is 3.10. The van der Waals surface area contributed by atoms with Gasteiger partial charge in [0, 0.05) is 0 Å². The number of halogens is 1. The molecule has 1 aliphatic rings. The number of nitrogens with one attached hydrogen (secondary N) is 1. The predicted octanol–water partition coefficient (Wildman–Crippen LogP) is 0.369. The van der Waals surface area contributed by atoms with Crippen LogP contribution in [0.4, 0.5) is 4.39 Å². The van der Waals surface area contributed by atoms with Gasteiger partial charge in [-0.15, -0.1) is 0 Å². The smallest absolute Gasteiger partial charge is 0.264 e. The maximum Gasteiger partial charge on any atom is 0.264 e. The molecule has 1 fully saturated rings. The number of aliphatic hydroxyl groups is 2. The Bertz CT molecular complexity index is 1010. The zero-order chi connectivity index (χ0) is 19.0. The minimum absolute atomic E-state index is 0.262. The van der Waals surface area contributed by atoms with Crippen molar-refractivity contribution in [3.63, 3.8) is 0 Å². The minimum atomic E-state index is -1.19. The highest BCUT2D eigenvalue weighted by molar-refractivity contribution is 5.74. The van der Waals surface area contributed by atoms with E-state index < -0.39 is 11.6 Å². The van der Waals surface area contributed by atoms with Crippen molar-refractivity contribution in [1.29, 1.82) is 0 Å². The SMILES string of the molecule is O=c1c2cnn(-c3ccc(F)cc3)c2ncn1C(CO)C1(O)CCNCC1. The fourth-order valence-corrected chi connectivity index (χ4v) is 3.63. The largest absolute Gasteiger partial charge is 0.394 e. The molecule has 3 N–H and O–H groups in total. The number of hydrogen-bond acceptors (Lipinski definition) is 6. The van der Waals surface area contributed by atoms with Crippen molar-refractivity contribution in [2.45, 2.75) is 24.5 Å². The summed E-state index contributed by atoms with van der Waals surface area (Å²) in [4.78, 5) is 17.3. The van der Waals surface area contributed by atoms with Crippen LogP contribution in [0.25, 0.3) is 16.7 Å². The predicted molar refractivity (Wildman–Crippen MR) is 96.3 cm³/mol. The second-order valence-corrected chi connectivity index (χ2v) is 6.78. The van der Waals surface area contributed by atoms with E-state index in [4.69, 9.17) is 0 Å². The number of nitrogens with zero attached hydrogens (tertiary/aromatic N) is 4. The zero-order valence-corrected chi connectivity index (χ0v) is 14.5. The summed E-state index contributed by atoms with van der Waals surface area (Å²) in [6.45, 7) is 0.843. The first-order valence-corrected chi connectivity index (χ1v) is 8.78. The molecular weight excluding hydrogens is 353 g/mol. The minimum Gasteiger partial charge on any atom is -0.394 e. The molecule has 4 rings (SSSR count). The first kappa shape index (κ1) is 17.8. The normalized spacial score (nSPS) is 17.9. The Morgan fingerprint density at radius 3 is 2.63 bits per heavy atom. The Morgan fingerprint density at radius 2 is 1.96 bits per heavy atom. The number of aliphatic hydroxyl groups excluding tert-OH is 1. The van der Waals surface area contributed by atoms with Crippen molar-refractivity contribution in [3.8, 4) is 5.69 Å².